The third-order valence-electron chi connectivity index (χ3n) is 3.75. The first-order chi connectivity index (χ1) is 8.75. The van der Waals surface area contributed by atoms with E-state index in [2.05, 4.69) is 14.8 Å². The molecule has 2 fully saturated rings. The Morgan fingerprint density at radius 3 is 2.61 bits per heavy atom. The lowest BCUT2D eigenvalue weighted by Gasteiger charge is -2.36. The number of carboxylic acid groups (broad SMARTS) is 1. The number of hydrogen-bond acceptors (Lipinski definition) is 4. The lowest BCUT2D eigenvalue weighted by Crippen LogP contribution is -2.47. The largest absolute Gasteiger partial charge is 0.478 e. The monoisotopic (exact) mass is 247 g/mol. The number of nitrogens with zero attached hydrogens (tertiary/aromatic N) is 3. The van der Waals surface area contributed by atoms with Gasteiger partial charge in [-0.05, 0) is 18.9 Å². The normalized spacial score (nSPS) is 21.0. The minimum atomic E-state index is -0.900. The van der Waals surface area contributed by atoms with E-state index in [0.29, 0.717) is 5.56 Å². The molecule has 5 heteroatoms. The fourth-order valence-electron chi connectivity index (χ4n) is 2.60. The number of pyridine rings is 1. The number of aromatic nitrogens is 1. The van der Waals surface area contributed by atoms with Gasteiger partial charge in [-0.2, -0.15) is 0 Å². The van der Waals surface area contributed by atoms with Crippen LogP contribution in [-0.4, -0.2) is 53.2 Å². The molecule has 5 nitrogen and oxygen atoms in total. The van der Waals surface area contributed by atoms with E-state index in [1.54, 1.807) is 12.3 Å². The lowest BCUT2D eigenvalue weighted by molar-refractivity contribution is 0.0697. The Bertz CT molecular complexity index is 451. The Balaban J connectivity index is 1.73. The zero-order chi connectivity index (χ0) is 12.5. The van der Waals surface area contributed by atoms with Crippen LogP contribution in [0, 0.1) is 0 Å². The maximum atomic E-state index is 11.2. The van der Waals surface area contributed by atoms with Gasteiger partial charge < -0.3 is 10.0 Å². The molecule has 96 valence electrons. The van der Waals surface area contributed by atoms with Gasteiger partial charge >= 0.3 is 5.97 Å². The van der Waals surface area contributed by atoms with Crippen LogP contribution in [0.4, 0.5) is 5.69 Å². The second kappa shape index (κ2) is 4.57. The van der Waals surface area contributed by atoms with E-state index in [4.69, 9.17) is 5.11 Å². The van der Waals surface area contributed by atoms with Crippen molar-refractivity contribution in [3.63, 3.8) is 0 Å². The van der Waals surface area contributed by atoms with Crippen LogP contribution in [0.1, 0.15) is 23.2 Å². The van der Waals surface area contributed by atoms with Gasteiger partial charge in [0.25, 0.3) is 0 Å². The van der Waals surface area contributed by atoms with Crippen molar-refractivity contribution in [2.24, 2.45) is 0 Å². The summed E-state index contributed by atoms with van der Waals surface area (Å²) in [5.41, 5.74) is 1.10. The molecule has 1 aromatic heterocycles. The molecular formula is C13H17N3O2. The highest BCUT2D eigenvalue weighted by atomic mass is 16.4. The SMILES string of the molecule is O=C(O)c1cnccc1N1CCN(C2CC2)CC1. The number of piperazine rings is 1. The van der Waals surface area contributed by atoms with Crippen LogP contribution < -0.4 is 4.90 Å². The summed E-state index contributed by atoms with van der Waals surface area (Å²) < 4.78 is 0. The molecule has 0 unspecified atom stereocenters. The van der Waals surface area contributed by atoms with E-state index in [1.807, 2.05) is 0 Å². The molecular weight excluding hydrogens is 230 g/mol. The number of anilines is 1. The lowest BCUT2D eigenvalue weighted by atomic mass is 10.2. The van der Waals surface area contributed by atoms with Crippen LogP contribution in [0.15, 0.2) is 18.5 Å². The molecule has 1 aliphatic carbocycles. The molecule has 3 rings (SSSR count). The smallest absolute Gasteiger partial charge is 0.339 e. The molecule has 0 radical (unpaired) electrons. The summed E-state index contributed by atoms with van der Waals surface area (Å²) in [6, 6.07) is 2.60. The van der Waals surface area contributed by atoms with Gasteiger partial charge in [-0.3, -0.25) is 9.88 Å². The van der Waals surface area contributed by atoms with Crippen LogP contribution in [0.25, 0.3) is 0 Å². The first-order valence-corrected chi connectivity index (χ1v) is 6.42. The van der Waals surface area contributed by atoms with Gasteiger partial charge in [0.05, 0.1) is 5.69 Å². The van der Waals surface area contributed by atoms with Crippen molar-refractivity contribution in [3.05, 3.63) is 24.0 Å². The molecule has 1 saturated carbocycles. The molecule has 18 heavy (non-hydrogen) atoms. The van der Waals surface area contributed by atoms with E-state index in [-0.39, 0.29) is 0 Å². The molecule has 0 spiro atoms. The molecule has 0 bridgehead atoms. The van der Waals surface area contributed by atoms with Crippen LogP contribution in [-0.2, 0) is 0 Å². The summed E-state index contributed by atoms with van der Waals surface area (Å²) in [5.74, 6) is -0.900. The Morgan fingerprint density at radius 1 is 1.28 bits per heavy atom. The number of aromatic carboxylic acids is 1. The van der Waals surface area contributed by atoms with Crippen LogP contribution >= 0.6 is 0 Å². The second-order valence-corrected chi connectivity index (χ2v) is 4.95. The molecule has 0 amide bonds. The molecule has 1 aliphatic heterocycles. The summed E-state index contributed by atoms with van der Waals surface area (Å²) in [4.78, 5) is 19.7. The molecule has 2 aliphatic rings. The standard InChI is InChI=1S/C13H17N3O2/c17-13(18)11-9-14-4-3-12(11)16-7-5-15(6-8-16)10-1-2-10/h3-4,9-10H,1-2,5-8H2,(H,17,18). The second-order valence-electron chi connectivity index (χ2n) is 4.95. The number of carbonyl (C=O) groups is 1. The molecule has 1 saturated heterocycles. The Hall–Kier alpha value is -1.62. The van der Waals surface area contributed by atoms with Crippen molar-refractivity contribution in [2.75, 3.05) is 31.1 Å². The summed E-state index contributed by atoms with van der Waals surface area (Å²) in [7, 11) is 0. The zero-order valence-corrected chi connectivity index (χ0v) is 10.2. The third kappa shape index (κ3) is 2.18. The summed E-state index contributed by atoms with van der Waals surface area (Å²) in [5, 5.41) is 9.17. The summed E-state index contributed by atoms with van der Waals surface area (Å²) in [6.07, 6.45) is 5.76. The maximum absolute atomic E-state index is 11.2. The highest BCUT2D eigenvalue weighted by molar-refractivity contribution is 5.94. The molecule has 0 atom stereocenters. The van der Waals surface area contributed by atoms with E-state index in [9.17, 15) is 4.79 Å². The Kier molecular flexibility index (Phi) is 2.91. The topological polar surface area (TPSA) is 56.7 Å². The summed E-state index contributed by atoms with van der Waals surface area (Å²) in [6.45, 7) is 3.87. The zero-order valence-electron chi connectivity index (χ0n) is 10.2. The first kappa shape index (κ1) is 11.5. The van der Waals surface area contributed by atoms with E-state index in [1.165, 1.54) is 19.0 Å². The van der Waals surface area contributed by atoms with Gasteiger partial charge in [0.2, 0.25) is 0 Å². The average molecular weight is 247 g/mol. The highest BCUT2D eigenvalue weighted by Crippen LogP contribution is 2.29. The Morgan fingerprint density at radius 2 is 2.00 bits per heavy atom. The number of rotatable bonds is 3. The first-order valence-electron chi connectivity index (χ1n) is 6.42. The van der Waals surface area contributed by atoms with Gasteiger partial charge in [0.1, 0.15) is 5.56 Å². The summed E-state index contributed by atoms with van der Waals surface area (Å²) >= 11 is 0. The quantitative estimate of drug-likeness (QED) is 0.865. The van der Waals surface area contributed by atoms with Gasteiger partial charge in [0, 0.05) is 44.6 Å². The molecule has 2 heterocycles. The van der Waals surface area contributed by atoms with Crippen molar-refractivity contribution in [2.45, 2.75) is 18.9 Å². The fourth-order valence-corrected chi connectivity index (χ4v) is 2.60. The molecule has 0 aromatic carbocycles. The van der Waals surface area contributed by atoms with Crippen LogP contribution in [0.3, 0.4) is 0 Å². The predicted octanol–water partition coefficient (Wildman–Crippen LogP) is 1.06. The Labute approximate surface area is 106 Å². The average Bonchev–Trinajstić information content (AvgIpc) is 3.23. The van der Waals surface area contributed by atoms with Crippen LogP contribution in [0.5, 0.6) is 0 Å². The van der Waals surface area contributed by atoms with Gasteiger partial charge in [-0.25, -0.2) is 4.79 Å². The van der Waals surface area contributed by atoms with Gasteiger partial charge in [0.15, 0.2) is 0 Å². The van der Waals surface area contributed by atoms with Gasteiger partial charge in [-0.15, -0.1) is 0 Å². The number of carboxylic acids is 1. The predicted molar refractivity (Wildman–Crippen MR) is 68.0 cm³/mol. The maximum Gasteiger partial charge on any atom is 0.339 e. The van der Waals surface area contributed by atoms with Crippen LogP contribution in [0.2, 0.25) is 0 Å². The van der Waals surface area contributed by atoms with E-state index in [0.717, 1.165) is 37.9 Å². The third-order valence-corrected chi connectivity index (χ3v) is 3.75. The van der Waals surface area contributed by atoms with Crippen molar-refractivity contribution < 1.29 is 9.90 Å². The van der Waals surface area contributed by atoms with Gasteiger partial charge in [-0.1, -0.05) is 0 Å². The van der Waals surface area contributed by atoms with Crippen molar-refractivity contribution in [3.8, 4) is 0 Å². The number of hydrogen-bond donors (Lipinski definition) is 1. The van der Waals surface area contributed by atoms with Crippen molar-refractivity contribution >= 4 is 11.7 Å². The van der Waals surface area contributed by atoms with E-state index >= 15 is 0 Å². The molecule has 1 N–H and O–H groups in total. The van der Waals surface area contributed by atoms with E-state index < -0.39 is 5.97 Å². The minimum Gasteiger partial charge on any atom is -0.478 e. The van der Waals surface area contributed by atoms with Crippen molar-refractivity contribution in [1.82, 2.24) is 9.88 Å². The molecule has 1 aromatic rings. The van der Waals surface area contributed by atoms with Crippen molar-refractivity contribution in [1.29, 1.82) is 0 Å². The fraction of sp³-hybridized carbons (Fsp3) is 0.538. The minimum absolute atomic E-state index is 0.303. The highest BCUT2D eigenvalue weighted by Gasteiger charge is 2.31.